The van der Waals surface area contributed by atoms with Crippen LogP contribution in [0.25, 0.3) is 11.4 Å². The van der Waals surface area contributed by atoms with Crippen molar-refractivity contribution >= 4 is 39.1 Å². The molecule has 29 heavy (non-hydrogen) atoms. The van der Waals surface area contributed by atoms with Crippen molar-refractivity contribution in [2.75, 3.05) is 12.4 Å². The second-order valence-electron chi connectivity index (χ2n) is 6.90. The van der Waals surface area contributed by atoms with Gasteiger partial charge in [-0.25, -0.2) is 0 Å². The number of nitrogens with one attached hydrogen (secondary N) is 1. The molecule has 8 heteroatoms. The van der Waals surface area contributed by atoms with E-state index in [1.807, 2.05) is 6.07 Å². The fourth-order valence-corrected chi connectivity index (χ4v) is 4.09. The number of rotatable bonds is 4. The van der Waals surface area contributed by atoms with Crippen LogP contribution in [-0.4, -0.2) is 27.8 Å². The predicted octanol–water partition coefficient (Wildman–Crippen LogP) is 5.35. The van der Waals surface area contributed by atoms with Crippen molar-refractivity contribution in [1.29, 1.82) is 0 Å². The van der Waals surface area contributed by atoms with Crippen LogP contribution in [0.4, 0.5) is 5.69 Å². The quantitative estimate of drug-likeness (QED) is 0.552. The molecule has 0 spiro atoms. The van der Waals surface area contributed by atoms with Gasteiger partial charge in [-0.2, -0.15) is 0 Å². The number of anilines is 1. The lowest BCUT2D eigenvalue weighted by Gasteiger charge is -2.12. The Morgan fingerprint density at radius 1 is 1.17 bits per heavy atom. The van der Waals surface area contributed by atoms with Crippen molar-refractivity contribution < 1.29 is 9.53 Å². The zero-order valence-electron chi connectivity index (χ0n) is 15.9. The topological polar surface area (TPSA) is 69.0 Å². The maximum absolute atomic E-state index is 12.8. The van der Waals surface area contributed by atoms with E-state index in [0.717, 1.165) is 43.0 Å². The Balaban J connectivity index is 1.65. The van der Waals surface area contributed by atoms with E-state index < -0.39 is 0 Å². The third-order valence-electron chi connectivity index (χ3n) is 4.99. The molecular weight excluding hydrogens is 456 g/mol. The number of hydrogen-bond acceptors (Lipinski definition) is 4. The van der Waals surface area contributed by atoms with Crippen molar-refractivity contribution in [2.24, 2.45) is 0 Å². The number of carbonyl (C=O) groups excluding carboxylic acids is 1. The Hall–Kier alpha value is -2.38. The van der Waals surface area contributed by atoms with Crippen molar-refractivity contribution in [1.82, 2.24) is 14.8 Å². The number of ether oxygens (including phenoxy) is 1. The standard InChI is InChI=1S/C21H20BrClN4O2/c1-29-14-7-8-17(22)15(12-14)21(28)24-13-6-9-18(23)16(11-13)20-26-25-19-5-3-2-4-10-27(19)20/h6-9,11-12H,2-5,10H2,1H3,(H,24,28). The number of carbonyl (C=O) groups is 1. The molecule has 0 radical (unpaired) electrons. The summed E-state index contributed by atoms with van der Waals surface area (Å²) in [7, 11) is 1.57. The van der Waals surface area contributed by atoms with Gasteiger partial charge in [-0.1, -0.05) is 18.0 Å². The molecule has 150 valence electrons. The number of amides is 1. The molecule has 0 unspecified atom stereocenters. The molecule has 2 heterocycles. The summed E-state index contributed by atoms with van der Waals surface area (Å²) in [4.78, 5) is 12.8. The lowest BCUT2D eigenvalue weighted by molar-refractivity contribution is 0.102. The highest BCUT2D eigenvalue weighted by Crippen LogP contribution is 2.32. The molecule has 3 aromatic rings. The SMILES string of the molecule is COc1ccc(Br)c(C(=O)Nc2ccc(Cl)c(-c3nnc4n3CCCCC4)c2)c1. The molecule has 2 aromatic carbocycles. The molecule has 1 aliphatic rings. The van der Waals surface area contributed by atoms with Crippen LogP contribution in [0.3, 0.4) is 0 Å². The number of hydrogen-bond donors (Lipinski definition) is 1. The average Bonchev–Trinajstić information content (AvgIpc) is 2.97. The predicted molar refractivity (Wildman–Crippen MR) is 117 cm³/mol. The number of fused-ring (bicyclic) bond motifs is 1. The third-order valence-corrected chi connectivity index (χ3v) is 6.01. The third kappa shape index (κ3) is 4.16. The van der Waals surface area contributed by atoms with Gasteiger partial charge in [-0.3, -0.25) is 4.79 Å². The molecule has 0 bridgehead atoms. The monoisotopic (exact) mass is 474 g/mol. The van der Waals surface area contributed by atoms with E-state index in [4.69, 9.17) is 16.3 Å². The summed E-state index contributed by atoms with van der Waals surface area (Å²) in [6.45, 7) is 0.876. The summed E-state index contributed by atoms with van der Waals surface area (Å²) < 4.78 is 8.05. The maximum atomic E-state index is 12.8. The smallest absolute Gasteiger partial charge is 0.256 e. The zero-order valence-corrected chi connectivity index (χ0v) is 18.3. The van der Waals surface area contributed by atoms with Crippen molar-refractivity contribution in [3.8, 4) is 17.1 Å². The van der Waals surface area contributed by atoms with Gasteiger partial charge in [0, 0.05) is 28.7 Å². The van der Waals surface area contributed by atoms with Gasteiger partial charge in [0.2, 0.25) is 0 Å². The summed E-state index contributed by atoms with van der Waals surface area (Å²) in [6, 6.07) is 10.7. The average molecular weight is 476 g/mol. The fourth-order valence-electron chi connectivity index (χ4n) is 3.46. The normalized spacial score (nSPS) is 13.5. The van der Waals surface area contributed by atoms with Crippen molar-refractivity contribution in [3.05, 3.63) is 57.3 Å². The Kier molecular flexibility index (Phi) is 5.87. The molecule has 0 atom stereocenters. The summed E-state index contributed by atoms with van der Waals surface area (Å²) in [6.07, 6.45) is 4.32. The summed E-state index contributed by atoms with van der Waals surface area (Å²) in [5, 5.41) is 12.2. The largest absolute Gasteiger partial charge is 0.497 e. The molecule has 0 fully saturated rings. The Labute approximate surface area is 182 Å². The van der Waals surface area contributed by atoms with Crippen LogP contribution in [0.2, 0.25) is 5.02 Å². The van der Waals surface area contributed by atoms with Crippen LogP contribution in [-0.2, 0) is 13.0 Å². The van der Waals surface area contributed by atoms with Crippen molar-refractivity contribution in [2.45, 2.75) is 32.2 Å². The molecule has 1 aliphatic heterocycles. The fraction of sp³-hybridized carbons (Fsp3) is 0.286. The van der Waals surface area contributed by atoms with Gasteiger partial charge in [0.05, 0.1) is 17.7 Å². The number of methoxy groups -OCH3 is 1. The minimum Gasteiger partial charge on any atom is -0.497 e. The van der Waals surface area contributed by atoms with Gasteiger partial charge in [-0.05, 0) is 65.2 Å². The first-order valence-corrected chi connectivity index (χ1v) is 10.6. The van der Waals surface area contributed by atoms with E-state index in [9.17, 15) is 4.79 Å². The molecular formula is C21H20BrClN4O2. The van der Waals surface area contributed by atoms with E-state index in [2.05, 4.69) is 36.0 Å². The Morgan fingerprint density at radius 2 is 2.03 bits per heavy atom. The zero-order chi connectivity index (χ0) is 20.4. The molecule has 0 saturated heterocycles. The molecule has 1 amide bonds. The van der Waals surface area contributed by atoms with Gasteiger partial charge in [-0.15, -0.1) is 10.2 Å². The molecule has 0 saturated carbocycles. The van der Waals surface area contributed by atoms with Gasteiger partial charge in [0.25, 0.3) is 5.91 Å². The van der Waals surface area contributed by atoms with Gasteiger partial charge >= 0.3 is 0 Å². The van der Waals surface area contributed by atoms with E-state index >= 15 is 0 Å². The minimum absolute atomic E-state index is 0.246. The summed E-state index contributed by atoms with van der Waals surface area (Å²) in [5.41, 5.74) is 1.88. The second kappa shape index (κ2) is 8.55. The van der Waals surface area contributed by atoms with Crippen LogP contribution < -0.4 is 10.1 Å². The number of nitrogens with zero attached hydrogens (tertiary/aromatic N) is 3. The lowest BCUT2D eigenvalue weighted by atomic mass is 10.1. The second-order valence-corrected chi connectivity index (χ2v) is 8.16. The molecule has 1 N–H and O–H groups in total. The van der Waals surface area contributed by atoms with Crippen LogP contribution in [0.1, 0.15) is 35.4 Å². The first kappa shape index (κ1) is 19.9. The number of benzene rings is 2. The maximum Gasteiger partial charge on any atom is 0.256 e. The molecule has 4 rings (SSSR count). The summed E-state index contributed by atoms with van der Waals surface area (Å²) in [5.74, 6) is 2.10. The van der Waals surface area contributed by atoms with Gasteiger partial charge < -0.3 is 14.6 Å². The first-order chi connectivity index (χ1) is 14.1. The highest BCUT2D eigenvalue weighted by Gasteiger charge is 2.19. The molecule has 1 aromatic heterocycles. The van der Waals surface area contributed by atoms with Gasteiger partial charge in [0.1, 0.15) is 11.6 Å². The van der Waals surface area contributed by atoms with E-state index in [1.165, 1.54) is 6.42 Å². The number of halogens is 2. The highest BCUT2D eigenvalue weighted by atomic mass is 79.9. The van der Waals surface area contributed by atoms with Crippen LogP contribution >= 0.6 is 27.5 Å². The highest BCUT2D eigenvalue weighted by molar-refractivity contribution is 9.10. The number of aromatic nitrogens is 3. The molecule has 6 nitrogen and oxygen atoms in total. The number of aryl methyl sites for hydroxylation is 1. The van der Waals surface area contributed by atoms with E-state index in [1.54, 1.807) is 37.4 Å². The molecule has 0 aliphatic carbocycles. The van der Waals surface area contributed by atoms with Crippen LogP contribution in [0.15, 0.2) is 40.9 Å². The van der Waals surface area contributed by atoms with E-state index in [-0.39, 0.29) is 5.91 Å². The first-order valence-electron chi connectivity index (χ1n) is 9.43. The van der Waals surface area contributed by atoms with Crippen LogP contribution in [0.5, 0.6) is 5.75 Å². The Morgan fingerprint density at radius 3 is 2.86 bits per heavy atom. The Bertz CT molecular complexity index is 1070. The van der Waals surface area contributed by atoms with Crippen LogP contribution in [0, 0.1) is 0 Å². The lowest BCUT2D eigenvalue weighted by Crippen LogP contribution is -2.13. The van der Waals surface area contributed by atoms with Gasteiger partial charge in [0.15, 0.2) is 5.82 Å². The van der Waals surface area contributed by atoms with Crippen molar-refractivity contribution in [3.63, 3.8) is 0 Å². The minimum atomic E-state index is -0.246. The summed E-state index contributed by atoms with van der Waals surface area (Å²) >= 11 is 9.89. The van der Waals surface area contributed by atoms with E-state index in [0.29, 0.717) is 26.5 Å².